The first-order valence-electron chi connectivity index (χ1n) is 9.96. The number of nitrogens with zero attached hydrogens (tertiary/aromatic N) is 4. The minimum Gasteiger partial charge on any atom is -0.379 e. The van der Waals surface area contributed by atoms with Crippen molar-refractivity contribution >= 4 is 39.7 Å². The Kier molecular flexibility index (Phi) is 6.66. The SMILES string of the molecule is CC(=O)c1nnc(Nc2ncc(C(=O)N3CCOCC3)s2)cc1NCc1cccc(F)c1. The van der Waals surface area contributed by atoms with Gasteiger partial charge in [0.25, 0.3) is 5.91 Å². The van der Waals surface area contributed by atoms with Gasteiger partial charge < -0.3 is 20.3 Å². The molecule has 0 spiro atoms. The molecule has 1 saturated heterocycles. The first-order chi connectivity index (χ1) is 15.5. The van der Waals surface area contributed by atoms with Crippen molar-refractivity contribution in [3.63, 3.8) is 0 Å². The van der Waals surface area contributed by atoms with Gasteiger partial charge in [-0.05, 0) is 17.7 Å². The summed E-state index contributed by atoms with van der Waals surface area (Å²) in [5.41, 5.74) is 1.35. The van der Waals surface area contributed by atoms with Gasteiger partial charge in [-0.25, -0.2) is 9.37 Å². The zero-order chi connectivity index (χ0) is 22.5. The maximum absolute atomic E-state index is 13.4. The minimum absolute atomic E-state index is 0.0886. The summed E-state index contributed by atoms with van der Waals surface area (Å²) in [6, 6.07) is 7.81. The van der Waals surface area contributed by atoms with Gasteiger partial charge in [-0.3, -0.25) is 9.59 Å². The maximum Gasteiger partial charge on any atom is 0.265 e. The van der Waals surface area contributed by atoms with Crippen LogP contribution in [0.25, 0.3) is 0 Å². The van der Waals surface area contributed by atoms with Crippen LogP contribution < -0.4 is 10.6 Å². The minimum atomic E-state index is -0.336. The van der Waals surface area contributed by atoms with Crippen LogP contribution in [0.5, 0.6) is 0 Å². The first kappa shape index (κ1) is 21.8. The third-order valence-corrected chi connectivity index (χ3v) is 5.65. The molecular formula is C21H21FN6O3S. The Hall–Kier alpha value is -3.44. The number of halogens is 1. The number of anilines is 3. The quantitative estimate of drug-likeness (QED) is 0.522. The second-order valence-corrected chi connectivity index (χ2v) is 8.12. The number of thiazole rings is 1. The van der Waals surface area contributed by atoms with E-state index in [1.54, 1.807) is 23.1 Å². The van der Waals surface area contributed by atoms with Gasteiger partial charge in [0.05, 0.1) is 25.1 Å². The largest absolute Gasteiger partial charge is 0.379 e. The molecule has 1 fully saturated rings. The number of morpholine rings is 1. The van der Waals surface area contributed by atoms with Crippen LogP contribution in [-0.2, 0) is 11.3 Å². The number of aromatic nitrogens is 3. The molecule has 0 radical (unpaired) electrons. The third kappa shape index (κ3) is 5.24. The van der Waals surface area contributed by atoms with Gasteiger partial charge in [-0.2, -0.15) is 0 Å². The molecule has 0 saturated carbocycles. The van der Waals surface area contributed by atoms with Gasteiger partial charge >= 0.3 is 0 Å². The summed E-state index contributed by atoms with van der Waals surface area (Å²) >= 11 is 1.21. The molecule has 0 aliphatic carbocycles. The Morgan fingerprint density at radius 1 is 1.22 bits per heavy atom. The van der Waals surface area contributed by atoms with Crippen molar-refractivity contribution in [3.8, 4) is 0 Å². The van der Waals surface area contributed by atoms with E-state index >= 15 is 0 Å². The fourth-order valence-corrected chi connectivity index (χ4v) is 3.95. The summed E-state index contributed by atoms with van der Waals surface area (Å²) in [7, 11) is 0. The lowest BCUT2D eigenvalue weighted by molar-refractivity contribution is 0.0306. The standard InChI is InChI=1S/C21H21FN6O3S/c1-13(29)19-16(23-11-14-3-2-4-15(22)9-14)10-18(26-27-19)25-21-24-12-17(32-21)20(30)28-5-7-31-8-6-28/h2-4,9-10,12H,5-8,11H2,1H3,(H2,23,24,25,26). The van der Waals surface area contributed by atoms with E-state index in [4.69, 9.17) is 4.74 Å². The molecule has 0 unspecified atom stereocenters. The lowest BCUT2D eigenvalue weighted by Crippen LogP contribution is -2.40. The highest BCUT2D eigenvalue weighted by Crippen LogP contribution is 2.25. The number of carbonyl (C=O) groups excluding carboxylic acids is 2. The molecule has 9 nitrogen and oxygen atoms in total. The van der Waals surface area contributed by atoms with Gasteiger partial charge in [0, 0.05) is 32.6 Å². The molecule has 0 atom stereocenters. The molecule has 2 aromatic heterocycles. The number of carbonyl (C=O) groups is 2. The molecule has 1 aliphatic heterocycles. The average molecular weight is 457 g/mol. The summed E-state index contributed by atoms with van der Waals surface area (Å²) in [5.74, 6) is -0.318. The van der Waals surface area contributed by atoms with E-state index in [1.165, 1.54) is 36.6 Å². The number of nitrogens with one attached hydrogen (secondary N) is 2. The summed E-state index contributed by atoms with van der Waals surface area (Å²) < 4.78 is 18.7. The van der Waals surface area contributed by atoms with E-state index in [0.29, 0.717) is 54.4 Å². The van der Waals surface area contributed by atoms with Gasteiger partial charge in [0.2, 0.25) is 0 Å². The molecule has 3 aromatic rings. The third-order valence-electron chi connectivity index (χ3n) is 4.75. The van der Waals surface area contributed by atoms with Crippen LogP contribution >= 0.6 is 11.3 Å². The first-order valence-corrected chi connectivity index (χ1v) is 10.8. The smallest absolute Gasteiger partial charge is 0.265 e. The molecule has 1 aromatic carbocycles. The zero-order valence-corrected chi connectivity index (χ0v) is 18.1. The number of rotatable bonds is 7. The number of amides is 1. The van der Waals surface area contributed by atoms with E-state index in [9.17, 15) is 14.0 Å². The normalized spacial score (nSPS) is 13.6. The van der Waals surface area contributed by atoms with Crippen molar-refractivity contribution in [1.82, 2.24) is 20.1 Å². The van der Waals surface area contributed by atoms with E-state index in [0.717, 1.165) is 5.56 Å². The van der Waals surface area contributed by atoms with Crippen LogP contribution in [0.15, 0.2) is 36.5 Å². The monoisotopic (exact) mass is 456 g/mol. The van der Waals surface area contributed by atoms with Crippen LogP contribution in [-0.4, -0.2) is 58.1 Å². The maximum atomic E-state index is 13.4. The summed E-state index contributed by atoms with van der Waals surface area (Å²) in [5, 5.41) is 14.7. The van der Waals surface area contributed by atoms with Crippen LogP contribution in [0.2, 0.25) is 0 Å². The number of ketones is 1. The van der Waals surface area contributed by atoms with Crippen molar-refractivity contribution in [3.05, 3.63) is 58.5 Å². The topological polar surface area (TPSA) is 109 Å². The van der Waals surface area contributed by atoms with E-state index in [-0.39, 0.29) is 23.2 Å². The summed E-state index contributed by atoms with van der Waals surface area (Å²) in [6.07, 6.45) is 1.52. The van der Waals surface area contributed by atoms with E-state index < -0.39 is 0 Å². The van der Waals surface area contributed by atoms with Crippen LogP contribution in [0.4, 0.5) is 21.0 Å². The van der Waals surface area contributed by atoms with Gasteiger partial charge in [-0.1, -0.05) is 23.5 Å². The molecule has 4 rings (SSSR count). The number of hydrogen-bond donors (Lipinski definition) is 2. The Morgan fingerprint density at radius 3 is 2.78 bits per heavy atom. The molecule has 32 heavy (non-hydrogen) atoms. The molecule has 11 heteroatoms. The number of hydrogen-bond acceptors (Lipinski definition) is 9. The van der Waals surface area contributed by atoms with E-state index in [2.05, 4.69) is 25.8 Å². The van der Waals surface area contributed by atoms with Crippen molar-refractivity contribution in [2.75, 3.05) is 36.9 Å². The Morgan fingerprint density at radius 2 is 2.03 bits per heavy atom. The van der Waals surface area contributed by atoms with Crippen molar-refractivity contribution < 1.29 is 18.7 Å². The number of benzene rings is 1. The fourth-order valence-electron chi connectivity index (χ4n) is 3.15. The molecule has 3 heterocycles. The lowest BCUT2D eigenvalue weighted by atomic mass is 10.2. The summed E-state index contributed by atoms with van der Waals surface area (Å²) in [6.45, 7) is 3.86. The van der Waals surface area contributed by atoms with E-state index in [1.807, 2.05) is 0 Å². The fraction of sp³-hybridized carbons (Fsp3) is 0.286. The Balaban J connectivity index is 1.48. The summed E-state index contributed by atoms with van der Waals surface area (Å²) in [4.78, 5) is 31.0. The molecule has 0 bridgehead atoms. The molecular weight excluding hydrogens is 435 g/mol. The zero-order valence-electron chi connectivity index (χ0n) is 17.3. The van der Waals surface area contributed by atoms with Gasteiger partial charge in [-0.15, -0.1) is 10.2 Å². The average Bonchev–Trinajstić information content (AvgIpc) is 3.26. The van der Waals surface area contributed by atoms with Crippen molar-refractivity contribution in [1.29, 1.82) is 0 Å². The molecule has 2 N–H and O–H groups in total. The second-order valence-electron chi connectivity index (χ2n) is 7.09. The predicted octanol–water partition coefficient (Wildman–Crippen LogP) is 3.10. The highest BCUT2D eigenvalue weighted by atomic mass is 32.1. The van der Waals surface area contributed by atoms with Crippen LogP contribution in [0.3, 0.4) is 0 Å². The number of ether oxygens (including phenoxy) is 1. The molecule has 166 valence electrons. The second kappa shape index (κ2) is 9.79. The highest BCUT2D eigenvalue weighted by Gasteiger charge is 2.21. The highest BCUT2D eigenvalue weighted by molar-refractivity contribution is 7.17. The van der Waals surface area contributed by atoms with Crippen molar-refractivity contribution in [2.45, 2.75) is 13.5 Å². The number of Topliss-reactive ketones (excluding diaryl/α,β-unsaturated/α-hetero) is 1. The Labute approximate surface area is 187 Å². The molecule has 1 aliphatic rings. The van der Waals surface area contributed by atoms with Crippen LogP contribution in [0.1, 0.15) is 32.6 Å². The molecule has 1 amide bonds. The van der Waals surface area contributed by atoms with Gasteiger partial charge in [0.1, 0.15) is 10.7 Å². The lowest BCUT2D eigenvalue weighted by Gasteiger charge is -2.26. The predicted molar refractivity (Wildman–Crippen MR) is 118 cm³/mol. The Bertz CT molecular complexity index is 1130. The van der Waals surface area contributed by atoms with Gasteiger partial charge in [0.15, 0.2) is 22.4 Å². The van der Waals surface area contributed by atoms with Crippen LogP contribution in [0, 0.1) is 5.82 Å². The van der Waals surface area contributed by atoms with Crippen molar-refractivity contribution in [2.24, 2.45) is 0 Å².